The van der Waals surface area contributed by atoms with Crippen LogP contribution in [0, 0.1) is 17.0 Å². The summed E-state index contributed by atoms with van der Waals surface area (Å²) in [4.78, 5) is 9.98. The molecule has 0 fully saturated rings. The van der Waals surface area contributed by atoms with Crippen LogP contribution in [0.15, 0.2) is 18.2 Å². The van der Waals surface area contributed by atoms with Crippen molar-refractivity contribution < 1.29 is 4.92 Å². The minimum absolute atomic E-state index is 0.100. The maximum Gasteiger partial charge on any atom is 0.269 e. The quantitative estimate of drug-likeness (QED) is 0.465. The van der Waals surface area contributed by atoms with Crippen LogP contribution >= 0.6 is 15.9 Å². The Balaban J connectivity index is 2.98. The number of hydrogen-bond acceptors (Lipinski definition) is 2. The molecule has 1 rings (SSSR count). The zero-order valence-corrected chi connectivity index (χ0v) is 8.58. The van der Waals surface area contributed by atoms with Crippen LogP contribution in [-0.2, 0) is 6.42 Å². The van der Waals surface area contributed by atoms with Crippen LogP contribution < -0.4 is 0 Å². The molecule has 13 heavy (non-hydrogen) atoms. The number of alkyl halides is 1. The summed E-state index contributed by atoms with van der Waals surface area (Å²) in [6.07, 6.45) is 0.844. The van der Waals surface area contributed by atoms with E-state index in [-0.39, 0.29) is 5.69 Å². The second-order valence-electron chi connectivity index (χ2n) is 2.65. The minimum Gasteiger partial charge on any atom is -0.258 e. The van der Waals surface area contributed by atoms with E-state index in [2.05, 4.69) is 22.9 Å². The van der Waals surface area contributed by atoms with Crippen molar-refractivity contribution in [3.63, 3.8) is 0 Å². The van der Waals surface area contributed by atoms with Crippen molar-refractivity contribution in [2.75, 3.05) is 5.33 Å². The molecule has 0 aliphatic carbocycles. The maximum atomic E-state index is 10.4. The summed E-state index contributed by atoms with van der Waals surface area (Å²) in [5.41, 5.74) is 1.87. The summed E-state index contributed by atoms with van der Waals surface area (Å²) >= 11 is 3.31. The third-order valence-corrected chi connectivity index (χ3v) is 2.16. The number of hydrogen-bond donors (Lipinski definition) is 0. The number of benzene rings is 1. The van der Waals surface area contributed by atoms with Gasteiger partial charge in [-0.2, -0.15) is 0 Å². The van der Waals surface area contributed by atoms with Gasteiger partial charge in [0.15, 0.2) is 0 Å². The van der Waals surface area contributed by atoms with Gasteiger partial charge < -0.3 is 0 Å². The van der Waals surface area contributed by atoms with Gasteiger partial charge in [0.1, 0.15) is 0 Å². The Morgan fingerprint density at radius 2 is 2.23 bits per heavy atom. The van der Waals surface area contributed by atoms with Crippen molar-refractivity contribution in [2.24, 2.45) is 0 Å². The highest BCUT2D eigenvalue weighted by atomic mass is 79.9. The number of nitro benzene ring substituents is 1. The number of non-ortho nitro benzene ring substituents is 1. The molecule has 0 unspecified atom stereocenters. The lowest BCUT2D eigenvalue weighted by molar-refractivity contribution is -0.384. The van der Waals surface area contributed by atoms with E-state index in [1.807, 2.05) is 0 Å². The predicted octanol–water partition coefficient (Wildman–Crippen LogP) is 2.71. The van der Waals surface area contributed by atoms with Gasteiger partial charge in [0, 0.05) is 17.5 Å². The van der Waals surface area contributed by atoms with E-state index in [1.165, 1.54) is 12.1 Å². The molecule has 0 spiro atoms. The fraction of sp³-hybridized carbons (Fsp3) is 0.222. The van der Waals surface area contributed by atoms with Gasteiger partial charge in [0.05, 0.1) is 4.92 Å². The molecule has 1 aromatic carbocycles. The Bertz CT molecular complexity index is 325. The molecule has 1 aromatic rings. The molecule has 0 atom stereocenters. The lowest BCUT2D eigenvalue weighted by Gasteiger charge is -2.02. The molecule has 0 aliphatic heterocycles. The second kappa shape index (κ2) is 4.37. The van der Waals surface area contributed by atoms with Crippen LogP contribution in [0.3, 0.4) is 0 Å². The highest BCUT2D eigenvalue weighted by molar-refractivity contribution is 9.09. The molecular weight excluding hydrogens is 234 g/mol. The Morgan fingerprint density at radius 3 is 2.69 bits per heavy atom. The van der Waals surface area contributed by atoms with Crippen molar-refractivity contribution in [1.82, 2.24) is 0 Å². The maximum absolute atomic E-state index is 10.4. The summed E-state index contributed by atoms with van der Waals surface area (Å²) in [6, 6.07) is 4.76. The van der Waals surface area contributed by atoms with E-state index in [4.69, 9.17) is 0 Å². The molecule has 0 bridgehead atoms. The molecule has 0 aliphatic rings. The lowest BCUT2D eigenvalue weighted by Crippen LogP contribution is -1.93. The SMILES string of the molecule is [CH2]c1cc([N+](=O)[O-])ccc1CCBr. The Morgan fingerprint density at radius 1 is 1.54 bits per heavy atom. The van der Waals surface area contributed by atoms with Crippen LogP contribution in [0.25, 0.3) is 0 Å². The van der Waals surface area contributed by atoms with Gasteiger partial charge in [-0.05, 0) is 24.5 Å². The largest absolute Gasteiger partial charge is 0.269 e. The molecule has 0 N–H and O–H groups in total. The fourth-order valence-electron chi connectivity index (χ4n) is 1.07. The molecule has 0 heterocycles. The van der Waals surface area contributed by atoms with Crippen LogP contribution in [0.5, 0.6) is 0 Å². The lowest BCUT2D eigenvalue weighted by atomic mass is 10.1. The Labute approximate surface area is 85.0 Å². The molecular formula is C9H9BrNO2. The highest BCUT2D eigenvalue weighted by Crippen LogP contribution is 2.17. The molecule has 3 nitrogen and oxygen atoms in total. The number of nitrogens with zero attached hydrogens (tertiary/aromatic N) is 1. The third-order valence-electron chi connectivity index (χ3n) is 1.76. The molecule has 0 amide bonds. The van der Waals surface area contributed by atoms with Gasteiger partial charge in [-0.3, -0.25) is 10.1 Å². The zero-order chi connectivity index (χ0) is 9.84. The van der Waals surface area contributed by atoms with Crippen LogP contribution in [0.4, 0.5) is 5.69 Å². The van der Waals surface area contributed by atoms with Crippen molar-refractivity contribution >= 4 is 21.6 Å². The normalized spacial score (nSPS) is 10.0. The standard InChI is InChI=1S/C9H9BrNO2/c1-7-6-9(11(12)13)3-2-8(7)4-5-10/h2-3,6H,1,4-5H2. The van der Waals surface area contributed by atoms with Crippen molar-refractivity contribution in [1.29, 1.82) is 0 Å². The van der Waals surface area contributed by atoms with E-state index in [9.17, 15) is 10.1 Å². The average molecular weight is 243 g/mol. The van der Waals surface area contributed by atoms with Crippen molar-refractivity contribution in [2.45, 2.75) is 6.42 Å². The summed E-state index contributed by atoms with van der Waals surface area (Å²) in [5, 5.41) is 11.2. The van der Waals surface area contributed by atoms with Crippen molar-refractivity contribution in [3.05, 3.63) is 46.4 Å². The molecule has 0 saturated carbocycles. The first-order valence-corrected chi connectivity index (χ1v) is 4.92. The smallest absolute Gasteiger partial charge is 0.258 e. The van der Waals surface area contributed by atoms with E-state index >= 15 is 0 Å². The number of nitro groups is 1. The molecule has 69 valence electrons. The summed E-state index contributed by atoms with van der Waals surface area (Å²) in [6.45, 7) is 3.76. The zero-order valence-electron chi connectivity index (χ0n) is 7.00. The molecule has 1 radical (unpaired) electrons. The summed E-state index contributed by atoms with van der Waals surface area (Å²) in [5.74, 6) is 0. The Kier molecular flexibility index (Phi) is 3.42. The first-order valence-electron chi connectivity index (χ1n) is 3.80. The van der Waals surface area contributed by atoms with Gasteiger partial charge in [-0.15, -0.1) is 0 Å². The van der Waals surface area contributed by atoms with Crippen LogP contribution in [0.1, 0.15) is 11.1 Å². The summed E-state index contributed by atoms with van der Waals surface area (Å²) in [7, 11) is 0. The molecule has 0 saturated heterocycles. The van der Waals surface area contributed by atoms with E-state index in [1.54, 1.807) is 6.07 Å². The number of rotatable bonds is 3. The van der Waals surface area contributed by atoms with Crippen LogP contribution in [-0.4, -0.2) is 10.3 Å². The highest BCUT2D eigenvalue weighted by Gasteiger charge is 2.06. The van der Waals surface area contributed by atoms with Crippen molar-refractivity contribution in [3.8, 4) is 0 Å². The number of aryl methyl sites for hydroxylation is 1. The first kappa shape index (κ1) is 10.2. The summed E-state index contributed by atoms with van der Waals surface area (Å²) < 4.78 is 0. The first-order chi connectivity index (χ1) is 6.15. The van der Waals surface area contributed by atoms with Gasteiger partial charge in [-0.25, -0.2) is 0 Å². The van der Waals surface area contributed by atoms with Gasteiger partial charge in [0.25, 0.3) is 5.69 Å². The van der Waals surface area contributed by atoms with E-state index < -0.39 is 4.92 Å². The minimum atomic E-state index is -0.410. The van der Waals surface area contributed by atoms with E-state index in [0.29, 0.717) is 0 Å². The Hall–Kier alpha value is -0.900. The van der Waals surface area contributed by atoms with E-state index in [0.717, 1.165) is 22.9 Å². The third kappa shape index (κ3) is 2.52. The topological polar surface area (TPSA) is 43.1 Å². The van der Waals surface area contributed by atoms with Crippen LogP contribution in [0.2, 0.25) is 0 Å². The molecule has 0 aromatic heterocycles. The molecule has 4 heteroatoms. The van der Waals surface area contributed by atoms with Gasteiger partial charge >= 0.3 is 0 Å². The van der Waals surface area contributed by atoms with Gasteiger partial charge in [-0.1, -0.05) is 22.0 Å². The predicted molar refractivity (Wildman–Crippen MR) is 55.1 cm³/mol. The fourth-order valence-corrected chi connectivity index (χ4v) is 1.50. The van der Waals surface area contributed by atoms with Gasteiger partial charge in [0.2, 0.25) is 0 Å². The monoisotopic (exact) mass is 242 g/mol. The number of halogens is 1. The second-order valence-corrected chi connectivity index (χ2v) is 3.44. The average Bonchev–Trinajstić information content (AvgIpc) is 2.08.